The van der Waals surface area contributed by atoms with Gasteiger partial charge in [0.25, 0.3) is 0 Å². The predicted molar refractivity (Wildman–Crippen MR) is 63.1 cm³/mol. The summed E-state index contributed by atoms with van der Waals surface area (Å²) >= 11 is 0. The van der Waals surface area contributed by atoms with E-state index in [9.17, 15) is 4.79 Å². The van der Waals surface area contributed by atoms with Gasteiger partial charge in [-0.3, -0.25) is 4.98 Å². The van der Waals surface area contributed by atoms with Crippen LogP contribution in [0.25, 0.3) is 0 Å². The molecule has 2 heterocycles. The van der Waals surface area contributed by atoms with E-state index in [2.05, 4.69) is 4.98 Å². The third-order valence-corrected chi connectivity index (χ3v) is 2.42. The van der Waals surface area contributed by atoms with E-state index in [1.165, 1.54) is 6.07 Å². The summed E-state index contributed by atoms with van der Waals surface area (Å²) < 4.78 is 10.7. The van der Waals surface area contributed by atoms with E-state index < -0.39 is 5.97 Å². The van der Waals surface area contributed by atoms with E-state index >= 15 is 0 Å². The number of carboxylic acid groups (broad SMARTS) is 1. The number of aromatic nitrogens is 1. The Morgan fingerprint density at radius 1 is 1.44 bits per heavy atom. The largest absolute Gasteiger partial charge is 0.478 e. The van der Waals surface area contributed by atoms with E-state index in [0.29, 0.717) is 18.1 Å². The molecule has 0 aromatic carbocycles. The Hall–Kier alpha value is -2.14. The predicted octanol–water partition coefficient (Wildman–Crippen LogP) is 2.40. The van der Waals surface area contributed by atoms with Crippen LogP contribution in [0, 0.1) is 6.92 Å². The molecule has 2 aromatic heterocycles. The van der Waals surface area contributed by atoms with Gasteiger partial charge in [0.1, 0.15) is 23.7 Å². The Morgan fingerprint density at radius 3 is 2.89 bits per heavy atom. The highest BCUT2D eigenvalue weighted by Crippen LogP contribution is 2.15. The van der Waals surface area contributed by atoms with Gasteiger partial charge in [0.2, 0.25) is 0 Å². The first-order chi connectivity index (χ1) is 8.66. The van der Waals surface area contributed by atoms with Crippen molar-refractivity contribution in [2.24, 2.45) is 0 Å². The van der Waals surface area contributed by atoms with Crippen LogP contribution in [0.1, 0.15) is 27.6 Å². The number of hydrogen-bond donors (Lipinski definition) is 1. The normalized spacial score (nSPS) is 10.5. The first-order valence-corrected chi connectivity index (χ1v) is 5.47. The average Bonchev–Trinajstić information content (AvgIpc) is 2.72. The lowest BCUT2D eigenvalue weighted by molar-refractivity contribution is 0.0695. The number of carboxylic acids is 1. The maximum atomic E-state index is 10.8. The summed E-state index contributed by atoms with van der Waals surface area (Å²) in [5, 5.41) is 8.87. The van der Waals surface area contributed by atoms with Gasteiger partial charge in [-0.2, -0.15) is 0 Å². The van der Waals surface area contributed by atoms with E-state index in [-0.39, 0.29) is 12.2 Å². The summed E-state index contributed by atoms with van der Waals surface area (Å²) in [6, 6.07) is 7.05. The summed E-state index contributed by atoms with van der Waals surface area (Å²) in [6.45, 7) is 2.21. The summed E-state index contributed by atoms with van der Waals surface area (Å²) in [4.78, 5) is 14.9. The van der Waals surface area contributed by atoms with Crippen molar-refractivity contribution in [1.29, 1.82) is 0 Å². The molecule has 0 amide bonds. The topological polar surface area (TPSA) is 72.6 Å². The van der Waals surface area contributed by atoms with Gasteiger partial charge < -0.3 is 14.3 Å². The molecule has 0 fully saturated rings. The third kappa shape index (κ3) is 2.95. The van der Waals surface area contributed by atoms with E-state index in [1.807, 2.05) is 18.2 Å². The second kappa shape index (κ2) is 5.46. The lowest BCUT2D eigenvalue weighted by Crippen LogP contribution is -1.96. The van der Waals surface area contributed by atoms with E-state index in [4.69, 9.17) is 14.3 Å². The number of ether oxygens (including phenoxy) is 1. The van der Waals surface area contributed by atoms with Crippen LogP contribution in [0.15, 0.2) is 34.9 Å². The molecule has 0 aliphatic heterocycles. The molecule has 5 nitrogen and oxygen atoms in total. The number of aryl methyl sites for hydroxylation is 1. The molecule has 0 saturated heterocycles. The molecule has 0 radical (unpaired) electrons. The van der Waals surface area contributed by atoms with Gasteiger partial charge in [0, 0.05) is 6.20 Å². The van der Waals surface area contributed by atoms with E-state index in [0.717, 1.165) is 5.69 Å². The van der Waals surface area contributed by atoms with Crippen LogP contribution in [0.3, 0.4) is 0 Å². The zero-order chi connectivity index (χ0) is 13.0. The number of rotatable bonds is 5. The number of carbonyl (C=O) groups is 1. The highest BCUT2D eigenvalue weighted by molar-refractivity contribution is 5.88. The Bertz CT molecular complexity index is 533. The van der Waals surface area contributed by atoms with Crippen LogP contribution >= 0.6 is 0 Å². The van der Waals surface area contributed by atoms with Crippen molar-refractivity contribution in [2.45, 2.75) is 20.1 Å². The highest BCUT2D eigenvalue weighted by atomic mass is 16.5. The minimum atomic E-state index is -0.993. The Kier molecular flexibility index (Phi) is 3.74. The SMILES string of the molecule is Cc1oc(COCc2ccccn2)cc1C(=O)O. The molecule has 0 spiro atoms. The molecule has 0 unspecified atom stereocenters. The van der Waals surface area contributed by atoms with Crippen LogP contribution in [0.2, 0.25) is 0 Å². The molecule has 0 saturated carbocycles. The van der Waals surface area contributed by atoms with Crippen molar-refractivity contribution in [1.82, 2.24) is 4.98 Å². The van der Waals surface area contributed by atoms with Gasteiger partial charge in [0.05, 0.1) is 12.3 Å². The van der Waals surface area contributed by atoms with Crippen LogP contribution in [0.4, 0.5) is 0 Å². The zero-order valence-corrected chi connectivity index (χ0v) is 9.92. The minimum absolute atomic E-state index is 0.173. The average molecular weight is 247 g/mol. The van der Waals surface area contributed by atoms with E-state index in [1.54, 1.807) is 13.1 Å². The number of aromatic carboxylic acids is 1. The van der Waals surface area contributed by atoms with Crippen LogP contribution in [0.5, 0.6) is 0 Å². The third-order valence-electron chi connectivity index (χ3n) is 2.42. The highest BCUT2D eigenvalue weighted by Gasteiger charge is 2.13. The fraction of sp³-hybridized carbons (Fsp3) is 0.231. The summed E-state index contributed by atoms with van der Waals surface area (Å²) in [6.07, 6.45) is 1.69. The summed E-state index contributed by atoms with van der Waals surface area (Å²) in [5.74, 6) is -0.105. The number of hydrogen-bond acceptors (Lipinski definition) is 4. The van der Waals surface area contributed by atoms with Gasteiger partial charge in [-0.25, -0.2) is 4.79 Å². The van der Waals surface area contributed by atoms with Crippen LogP contribution in [-0.4, -0.2) is 16.1 Å². The molecule has 0 bridgehead atoms. The Balaban J connectivity index is 1.91. The van der Waals surface area contributed by atoms with Crippen molar-refractivity contribution in [2.75, 3.05) is 0 Å². The van der Waals surface area contributed by atoms with Gasteiger partial charge in [-0.1, -0.05) is 6.07 Å². The number of furan rings is 1. The van der Waals surface area contributed by atoms with Crippen LogP contribution in [-0.2, 0) is 18.0 Å². The quantitative estimate of drug-likeness (QED) is 0.878. The fourth-order valence-electron chi connectivity index (χ4n) is 1.57. The van der Waals surface area contributed by atoms with Crippen molar-refractivity contribution in [3.63, 3.8) is 0 Å². The van der Waals surface area contributed by atoms with Crippen molar-refractivity contribution < 1.29 is 19.1 Å². The Labute approximate surface area is 104 Å². The number of pyridine rings is 1. The maximum absolute atomic E-state index is 10.8. The first-order valence-electron chi connectivity index (χ1n) is 5.47. The molecule has 18 heavy (non-hydrogen) atoms. The summed E-state index contributed by atoms with van der Waals surface area (Å²) in [5.41, 5.74) is 0.991. The number of nitrogens with zero attached hydrogens (tertiary/aromatic N) is 1. The first kappa shape index (κ1) is 12.3. The van der Waals surface area contributed by atoms with Gasteiger partial charge in [0.15, 0.2) is 0 Å². The fourth-order valence-corrected chi connectivity index (χ4v) is 1.57. The minimum Gasteiger partial charge on any atom is -0.478 e. The molecule has 5 heteroatoms. The van der Waals surface area contributed by atoms with Gasteiger partial charge in [-0.15, -0.1) is 0 Å². The van der Waals surface area contributed by atoms with Crippen LogP contribution < -0.4 is 0 Å². The lowest BCUT2D eigenvalue weighted by atomic mass is 10.2. The maximum Gasteiger partial charge on any atom is 0.339 e. The summed E-state index contributed by atoms with van der Waals surface area (Å²) in [7, 11) is 0. The van der Waals surface area contributed by atoms with Crippen molar-refractivity contribution in [3.8, 4) is 0 Å². The lowest BCUT2D eigenvalue weighted by Gasteiger charge is -2.00. The Morgan fingerprint density at radius 2 is 2.28 bits per heavy atom. The van der Waals surface area contributed by atoms with Crippen molar-refractivity contribution in [3.05, 3.63) is 53.2 Å². The second-order valence-corrected chi connectivity index (χ2v) is 3.80. The molecule has 1 N–H and O–H groups in total. The smallest absolute Gasteiger partial charge is 0.339 e. The second-order valence-electron chi connectivity index (χ2n) is 3.80. The molecule has 0 aliphatic carbocycles. The molecule has 2 aromatic rings. The monoisotopic (exact) mass is 247 g/mol. The van der Waals surface area contributed by atoms with Crippen molar-refractivity contribution >= 4 is 5.97 Å². The molecule has 0 aliphatic rings. The molecular formula is C13H13NO4. The van der Waals surface area contributed by atoms with Gasteiger partial charge in [-0.05, 0) is 25.1 Å². The molecular weight excluding hydrogens is 234 g/mol. The molecule has 0 atom stereocenters. The molecule has 94 valence electrons. The standard InChI is InChI=1S/C13H13NO4/c1-9-12(13(15)16)6-11(18-9)8-17-7-10-4-2-3-5-14-10/h2-6H,7-8H2,1H3,(H,15,16). The molecule has 2 rings (SSSR count). The zero-order valence-electron chi connectivity index (χ0n) is 9.92. The van der Waals surface area contributed by atoms with Gasteiger partial charge >= 0.3 is 5.97 Å².